The van der Waals surface area contributed by atoms with Gasteiger partial charge in [-0.3, -0.25) is 4.98 Å². The van der Waals surface area contributed by atoms with Crippen molar-refractivity contribution in [1.29, 1.82) is 5.26 Å². The van der Waals surface area contributed by atoms with Crippen LogP contribution in [0.3, 0.4) is 0 Å². The fraction of sp³-hybridized carbons (Fsp3) is 0.143. The van der Waals surface area contributed by atoms with E-state index in [0.717, 1.165) is 16.9 Å². The zero-order valence-electron chi connectivity index (χ0n) is 9.50. The van der Waals surface area contributed by atoms with Gasteiger partial charge >= 0.3 is 0 Å². The molecule has 1 heterocycles. The van der Waals surface area contributed by atoms with E-state index in [0.29, 0.717) is 0 Å². The molecule has 0 bridgehead atoms. The molecule has 1 atom stereocenters. The van der Waals surface area contributed by atoms with E-state index in [1.54, 1.807) is 19.5 Å². The highest BCUT2D eigenvalue weighted by atomic mass is 16.5. The van der Waals surface area contributed by atoms with Gasteiger partial charge in [-0.1, -0.05) is 12.1 Å². The standard InChI is InChI=1S/C14H12N2O/c1-17-13-4-2-3-12(9-13)14(10-15)11-5-7-16-8-6-11/h2-9,14H,1H3. The van der Waals surface area contributed by atoms with E-state index in [2.05, 4.69) is 11.1 Å². The number of hydrogen-bond donors (Lipinski definition) is 0. The molecule has 17 heavy (non-hydrogen) atoms. The minimum absolute atomic E-state index is 0.284. The van der Waals surface area contributed by atoms with E-state index in [4.69, 9.17) is 4.74 Å². The lowest BCUT2D eigenvalue weighted by Crippen LogP contribution is -1.98. The number of benzene rings is 1. The highest BCUT2D eigenvalue weighted by Crippen LogP contribution is 2.26. The first-order valence-electron chi connectivity index (χ1n) is 5.28. The average molecular weight is 224 g/mol. The number of aromatic nitrogens is 1. The van der Waals surface area contributed by atoms with Crippen LogP contribution >= 0.6 is 0 Å². The van der Waals surface area contributed by atoms with E-state index < -0.39 is 0 Å². The molecule has 0 aliphatic carbocycles. The van der Waals surface area contributed by atoms with Gasteiger partial charge < -0.3 is 4.74 Å². The maximum atomic E-state index is 9.29. The monoisotopic (exact) mass is 224 g/mol. The van der Waals surface area contributed by atoms with Gasteiger partial charge in [0.25, 0.3) is 0 Å². The zero-order chi connectivity index (χ0) is 12.1. The van der Waals surface area contributed by atoms with Crippen LogP contribution < -0.4 is 4.74 Å². The normalized spacial score (nSPS) is 11.5. The van der Waals surface area contributed by atoms with Gasteiger partial charge in [-0.2, -0.15) is 5.26 Å². The van der Waals surface area contributed by atoms with Crippen LogP contribution in [0.25, 0.3) is 0 Å². The van der Waals surface area contributed by atoms with Crippen molar-refractivity contribution in [2.24, 2.45) is 0 Å². The van der Waals surface area contributed by atoms with Crippen LogP contribution in [0.15, 0.2) is 48.8 Å². The summed E-state index contributed by atoms with van der Waals surface area (Å²) >= 11 is 0. The second-order valence-electron chi connectivity index (χ2n) is 3.62. The summed E-state index contributed by atoms with van der Waals surface area (Å²) in [7, 11) is 1.62. The van der Waals surface area contributed by atoms with Crippen molar-refractivity contribution in [1.82, 2.24) is 4.98 Å². The predicted molar refractivity (Wildman–Crippen MR) is 64.7 cm³/mol. The van der Waals surface area contributed by atoms with E-state index in [-0.39, 0.29) is 5.92 Å². The van der Waals surface area contributed by atoms with Gasteiger partial charge in [-0.15, -0.1) is 0 Å². The minimum Gasteiger partial charge on any atom is -0.497 e. The van der Waals surface area contributed by atoms with Gasteiger partial charge in [0.05, 0.1) is 19.1 Å². The van der Waals surface area contributed by atoms with E-state index in [1.807, 2.05) is 36.4 Å². The van der Waals surface area contributed by atoms with E-state index in [1.165, 1.54) is 0 Å². The smallest absolute Gasteiger partial charge is 0.119 e. The number of methoxy groups -OCH3 is 1. The Hall–Kier alpha value is -2.34. The molecule has 0 saturated carbocycles. The third-order valence-electron chi connectivity index (χ3n) is 2.60. The molecule has 0 aliphatic heterocycles. The van der Waals surface area contributed by atoms with Crippen molar-refractivity contribution in [3.05, 3.63) is 59.9 Å². The van der Waals surface area contributed by atoms with Crippen LogP contribution in [0.1, 0.15) is 17.0 Å². The Labute approximate surface area is 100 Å². The maximum absolute atomic E-state index is 9.29. The number of ether oxygens (including phenoxy) is 1. The molecule has 0 N–H and O–H groups in total. The van der Waals surface area contributed by atoms with Crippen LogP contribution in [-0.2, 0) is 0 Å². The van der Waals surface area contributed by atoms with Gasteiger partial charge in [0, 0.05) is 12.4 Å². The fourth-order valence-electron chi connectivity index (χ4n) is 1.72. The van der Waals surface area contributed by atoms with Gasteiger partial charge in [0.2, 0.25) is 0 Å². The predicted octanol–water partition coefficient (Wildman–Crippen LogP) is 2.75. The molecule has 1 aromatic heterocycles. The molecule has 84 valence electrons. The van der Waals surface area contributed by atoms with Gasteiger partial charge in [0.15, 0.2) is 0 Å². The van der Waals surface area contributed by atoms with Gasteiger partial charge in [0.1, 0.15) is 5.75 Å². The molecular weight excluding hydrogens is 212 g/mol. The summed E-state index contributed by atoms with van der Waals surface area (Å²) in [5.74, 6) is 0.477. The summed E-state index contributed by atoms with van der Waals surface area (Å²) < 4.78 is 5.16. The SMILES string of the molecule is COc1cccc(C(C#N)c2ccncc2)c1. The first-order chi connectivity index (χ1) is 8.35. The maximum Gasteiger partial charge on any atom is 0.119 e. The Morgan fingerprint density at radius 2 is 1.94 bits per heavy atom. The summed E-state index contributed by atoms with van der Waals surface area (Å²) in [6.07, 6.45) is 3.39. The molecule has 0 amide bonds. The second-order valence-corrected chi connectivity index (χ2v) is 3.62. The van der Waals surface area contributed by atoms with Crippen LogP contribution in [0.2, 0.25) is 0 Å². The molecule has 1 unspecified atom stereocenters. The summed E-state index contributed by atoms with van der Waals surface area (Å²) in [5.41, 5.74) is 1.87. The van der Waals surface area contributed by atoms with Crippen molar-refractivity contribution < 1.29 is 4.74 Å². The number of nitriles is 1. The molecule has 0 fully saturated rings. The quantitative estimate of drug-likeness (QED) is 0.805. The molecule has 2 aromatic rings. The Balaban J connectivity index is 2.40. The lowest BCUT2D eigenvalue weighted by Gasteiger charge is -2.10. The second kappa shape index (κ2) is 5.13. The Morgan fingerprint density at radius 3 is 2.59 bits per heavy atom. The van der Waals surface area contributed by atoms with Crippen LogP contribution in [0, 0.1) is 11.3 Å². The molecule has 3 nitrogen and oxygen atoms in total. The number of hydrogen-bond acceptors (Lipinski definition) is 3. The van der Waals surface area contributed by atoms with Crippen LogP contribution in [0.4, 0.5) is 0 Å². The summed E-state index contributed by atoms with van der Waals surface area (Å²) in [6, 6.07) is 13.6. The third-order valence-corrected chi connectivity index (χ3v) is 2.60. The zero-order valence-corrected chi connectivity index (χ0v) is 9.50. The largest absolute Gasteiger partial charge is 0.497 e. The minimum atomic E-state index is -0.284. The summed E-state index contributed by atoms with van der Waals surface area (Å²) in [4.78, 5) is 3.96. The van der Waals surface area contributed by atoms with Gasteiger partial charge in [-0.05, 0) is 35.4 Å². The molecule has 3 heteroatoms. The first-order valence-corrected chi connectivity index (χ1v) is 5.28. The third kappa shape index (κ3) is 2.43. The molecule has 0 radical (unpaired) electrons. The Morgan fingerprint density at radius 1 is 1.18 bits per heavy atom. The fourth-order valence-corrected chi connectivity index (χ4v) is 1.72. The highest BCUT2D eigenvalue weighted by Gasteiger charge is 2.13. The molecule has 1 aromatic carbocycles. The highest BCUT2D eigenvalue weighted by molar-refractivity contribution is 5.40. The number of pyridine rings is 1. The van der Waals surface area contributed by atoms with E-state index in [9.17, 15) is 5.26 Å². The molecule has 0 saturated heterocycles. The average Bonchev–Trinajstić information content (AvgIpc) is 2.41. The van der Waals surface area contributed by atoms with Gasteiger partial charge in [-0.25, -0.2) is 0 Å². The molecular formula is C14H12N2O. The Kier molecular flexibility index (Phi) is 3.37. The lowest BCUT2D eigenvalue weighted by atomic mass is 9.93. The van der Waals surface area contributed by atoms with Crippen LogP contribution in [-0.4, -0.2) is 12.1 Å². The summed E-state index contributed by atoms with van der Waals surface area (Å²) in [5, 5.41) is 9.29. The summed E-state index contributed by atoms with van der Waals surface area (Å²) in [6.45, 7) is 0. The topological polar surface area (TPSA) is 45.9 Å². The van der Waals surface area contributed by atoms with Crippen molar-refractivity contribution in [2.45, 2.75) is 5.92 Å². The van der Waals surface area contributed by atoms with Crippen molar-refractivity contribution >= 4 is 0 Å². The molecule has 0 spiro atoms. The van der Waals surface area contributed by atoms with Crippen molar-refractivity contribution in [3.63, 3.8) is 0 Å². The molecule has 0 aliphatic rings. The van der Waals surface area contributed by atoms with Crippen molar-refractivity contribution in [2.75, 3.05) is 7.11 Å². The van der Waals surface area contributed by atoms with E-state index >= 15 is 0 Å². The number of nitrogens with zero attached hydrogens (tertiary/aromatic N) is 2. The first kappa shape index (κ1) is 11.2. The van der Waals surface area contributed by atoms with Crippen molar-refractivity contribution in [3.8, 4) is 11.8 Å². The number of rotatable bonds is 3. The van der Waals surface area contributed by atoms with Crippen LogP contribution in [0.5, 0.6) is 5.75 Å². The Bertz CT molecular complexity index is 531. The lowest BCUT2D eigenvalue weighted by molar-refractivity contribution is 0.414. The molecule has 2 rings (SSSR count).